The van der Waals surface area contributed by atoms with Crippen molar-refractivity contribution in [1.82, 2.24) is 30.2 Å². The molecular weight excluding hydrogens is 408 g/mol. The molecule has 2 aliphatic heterocycles. The number of nitrogens with one attached hydrogen (secondary N) is 1. The van der Waals surface area contributed by atoms with Crippen LogP contribution in [0.25, 0.3) is 0 Å². The Balaban J connectivity index is 1.37. The van der Waals surface area contributed by atoms with Crippen molar-refractivity contribution in [1.29, 1.82) is 0 Å². The fourth-order valence-corrected chi connectivity index (χ4v) is 5.29. The van der Waals surface area contributed by atoms with E-state index < -0.39 is 0 Å². The number of hydrogen-bond acceptors (Lipinski definition) is 7. The van der Waals surface area contributed by atoms with Gasteiger partial charge in [-0.15, -0.1) is 0 Å². The van der Waals surface area contributed by atoms with E-state index in [1.54, 1.807) is 0 Å². The van der Waals surface area contributed by atoms with E-state index in [-0.39, 0.29) is 23.3 Å². The molecule has 0 radical (unpaired) electrons. The maximum atomic E-state index is 12.7. The van der Waals surface area contributed by atoms with Crippen LogP contribution in [0, 0.1) is 18.3 Å². The summed E-state index contributed by atoms with van der Waals surface area (Å²) in [6, 6.07) is -0.0459. The fourth-order valence-electron chi connectivity index (χ4n) is 5.29. The van der Waals surface area contributed by atoms with Crippen LogP contribution in [0.3, 0.4) is 0 Å². The number of carbonyl (C=O) groups is 2. The van der Waals surface area contributed by atoms with Crippen LogP contribution in [-0.2, 0) is 9.59 Å². The first-order valence-corrected chi connectivity index (χ1v) is 12.2. The summed E-state index contributed by atoms with van der Waals surface area (Å²) in [4.78, 5) is 36.3. The summed E-state index contributed by atoms with van der Waals surface area (Å²) < 4.78 is 5.53. The number of aryl methyl sites for hydroxylation is 1. The van der Waals surface area contributed by atoms with E-state index in [1.807, 2.05) is 6.92 Å². The van der Waals surface area contributed by atoms with Crippen molar-refractivity contribution in [3.8, 4) is 0 Å². The van der Waals surface area contributed by atoms with E-state index in [2.05, 4.69) is 44.0 Å². The summed E-state index contributed by atoms with van der Waals surface area (Å²) in [6.45, 7) is 12.4. The minimum absolute atomic E-state index is 0.0387. The van der Waals surface area contributed by atoms with Crippen LogP contribution in [0.15, 0.2) is 4.52 Å². The number of aromatic nitrogens is 2. The van der Waals surface area contributed by atoms with Gasteiger partial charge in [-0.25, -0.2) is 0 Å². The highest BCUT2D eigenvalue weighted by molar-refractivity contribution is 5.81. The number of likely N-dealkylation sites (tertiary alicyclic amines) is 2. The largest absolute Gasteiger partial charge is 0.354 e. The molecular formula is C23H38N6O3. The lowest BCUT2D eigenvalue weighted by Crippen LogP contribution is -2.45. The van der Waals surface area contributed by atoms with E-state index in [0.29, 0.717) is 30.7 Å². The molecule has 9 nitrogen and oxygen atoms in total. The van der Waals surface area contributed by atoms with Gasteiger partial charge >= 0.3 is 0 Å². The Labute approximate surface area is 190 Å². The molecule has 1 saturated carbocycles. The molecule has 2 amide bonds. The molecule has 9 heteroatoms. The maximum Gasteiger partial charge on any atom is 0.244 e. The Morgan fingerprint density at radius 3 is 2.53 bits per heavy atom. The molecule has 1 unspecified atom stereocenters. The van der Waals surface area contributed by atoms with Crippen molar-refractivity contribution >= 4 is 11.8 Å². The van der Waals surface area contributed by atoms with Crippen molar-refractivity contribution in [3.05, 3.63) is 11.7 Å². The zero-order valence-corrected chi connectivity index (χ0v) is 19.8. The number of likely N-dealkylation sites (N-methyl/N-ethyl adjacent to an activating group) is 1. The second kappa shape index (κ2) is 9.87. The molecule has 1 aromatic rings. The molecule has 1 N–H and O–H groups in total. The topological polar surface area (TPSA) is 94.8 Å². The lowest BCUT2D eigenvalue weighted by atomic mass is 9.76. The summed E-state index contributed by atoms with van der Waals surface area (Å²) in [6.07, 6.45) is 4.93. The van der Waals surface area contributed by atoms with Gasteiger partial charge in [0.2, 0.25) is 17.7 Å². The lowest BCUT2D eigenvalue weighted by molar-refractivity contribution is -0.134. The highest BCUT2D eigenvalue weighted by Crippen LogP contribution is 2.49. The number of carbonyl (C=O) groups excluding carboxylic acids is 2. The second-order valence-corrected chi connectivity index (χ2v) is 9.78. The van der Waals surface area contributed by atoms with Crippen LogP contribution in [-0.4, -0.2) is 89.0 Å². The van der Waals surface area contributed by atoms with Crippen molar-refractivity contribution in [2.24, 2.45) is 11.3 Å². The van der Waals surface area contributed by atoms with Gasteiger partial charge in [0.05, 0.1) is 12.6 Å². The predicted molar refractivity (Wildman–Crippen MR) is 120 cm³/mol. The number of amides is 2. The van der Waals surface area contributed by atoms with Crippen molar-refractivity contribution in [3.63, 3.8) is 0 Å². The van der Waals surface area contributed by atoms with Crippen LogP contribution in [0.1, 0.15) is 63.7 Å². The van der Waals surface area contributed by atoms with Crippen molar-refractivity contribution < 1.29 is 14.1 Å². The normalized spacial score (nSPS) is 23.2. The number of rotatable bonds is 9. The monoisotopic (exact) mass is 446 g/mol. The smallest absolute Gasteiger partial charge is 0.244 e. The molecule has 2 saturated heterocycles. The van der Waals surface area contributed by atoms with Crippen LogP contribution < -0.4 is 5.32 Å². The summed E-state index contributed by atoms with van der Waals surface area (Å²) in [7, 11) is 0. The Morgan fingerprint density at radius 2 is 1.94 bits per heavy atom. The Bertz CT molecular complexity index is 795. The number of hydrogen-bond donors (Lipinski definition) is 1. The van der Waals surface area contributed by atoms with Crippen LogP contribution in [0.5, 0.6) is 0 Å². The molecule has 3 aliphatic rings. The summed E-state index contributed by atoms with van der Waals surface area (Å²) >= 11 is 0. The van der Waals surface area contributed by atoms with E-state index in [1.165, 1.54) is 0 Å². The molecule has 1 spiro atoms. The van der Waals surface area contributed by atoms with Gasteiger partial charge in [0.1, 0.15) is 0 Å². The summed E-state index contributed by atoms with van der Waals surface area (Å²) in [5.41, 5.74) is 0.0921. The molecule has 3 fully saturated rings. The minimum atomic E-state index is -0.0459. The molecule has 0 bridgehead atoms. The summed E-state index contributed by atoms with van der Waals surface area (Å²) in [5.74, 6) is 1.88. The first-order chi connectivity index (χ1) is 15.4. The Hall–Kier alpha value is -2.00. The van der Waals surface area contributed by atoms with Crippen molar-refractivity contribution in [2.75, 3.05) is 52.4 Å². The standard InChI is InChI=1S/C23H38N6O3/c1-4-27(5-2)13-10-24-20(30)15-29-16-23(14-19(29)21-25-17(3)26-32-21)8-11-28(12-9-23)22(31)18-6-7-18/h18-19H,4-16H2,1-3H3,(H,24,30). The third-order valence-electron chi connectivity index (χ3n) is 7.49. The van der Waals surface area contributed by atoms with Crippen molar-refractivity contribution in [2.45, 2.75) is 58.9 Å². The van der Waals surface area contributed by atoms with Gasteiger partial charge in [0.15, 0.2) is 5.82 Å². The summed E-state index contributed by atoms with van der Waals surface area (Å²) in [5, 5.41) is 7.06. The highest BCUT2D eigenvalue weighted by atomic mass is 16.5. The zero-order valence-electron chi connectivity index (χ0n) is 19.8. The van der Waals surface area contributed by atoms with Gasteiger partial charge in [-0.1, -0.05) is 19.0 Å². The minimum Gasteiger partial charge on any atom is -0.354 e. The third kappa shape index (κ3) is 5.31. The van der Waals surface area contributed by atoms with E-state index >= 15 is 0 Å². The molecule has 4 rings (SSSR count). The first-order valence-electron chi connectivity index (χ1n) is 12.2. The Kier molecular flexibility index (Phi) is 7.14. The SMILES string of the molecule is CCN(CC)CCNC(=O)CN1CC2(CCN(C(=O)C3CC3)CC2)CC1c1nc(C)no1. The van der Waals surface area contributed by atoms with Gasteiger partial charge in [-0.05, 0) is 57.5 Å². The number of nitrogens with zero attached hydrogens (tertiary/aromatic N) is 5. The Morgan fingerprint density at radius 1 is 1.22 bits per heavy atom. The van der Waals surface area contributed by atoms with Crippen LogP contribution in [0.2, 0.25) is 0 Å². The lowest BCUT2D eigenvalue weighted by Gasteiger charge is -2.39. The molecule has 1 aliphatic carbocycles. The molecule has 178 valence electrons. The third-order valence-corrected chi connectivity index (χ3v) is 7.49. The van der Waals surface area contributed by atoms with E-state index in [9.17, 15) is 9.59 Å². The van der Waals surface area contributed by atoms with Crippen LogP contribution >= 0.6 is 0 Å². The molecule has 0 aromatic carbocycles. The van der Waals surface area contributed by atoms with Gasteiger partial charge in [0, 0.05) is 38.6 Å². The predicted octanol–water partition coefficient (Wildman–Crippen LogP) is 1.60. The fraction of sp³-hybridized carbons (Fsp3) is 0.826. The van der Waals surface area contributed by atoms with Gasteiger partial charge in [-0.2, -0.15) is 4.98 Å². The molecule has 1 atom stereocenters. The zero-order chi connectivity index (χ0) is 22.7. The quantitative estimate of drug-likeness (QED) is 0.616. The number of piperidine rings is 1. The second-order valence-electron chi connectivity index (χ2n) is 9.78. The van der Waals surface area contributed by atoms with E-state index in [0.717, 1.165) is 71.4 Å². The average Bonchev–Trinajstić information content (AvgIpc) is 3.47. The van der Waals surface area contributed by atoms with Crippen LogP contribution in [0.4, 0.5) is 0 Å². The molecule has 3 heterocycles. The maximum absolute atomic E-state index is 12.7. The van der Waals surface area contributed by atoms with E-state index in [4.69, 9.17) is 4.52 Å². The molecule has 32 heavy (non-hydrogen) atoms. The van der Waals surface area contributed by atoms with Gasteiger partial charge in [0.25, 0.3) is 0 Å². The average molecular weight is 447 g/mol. The first kappa shape index (κ1) is 23.2. The molecule has 1 aromatic heterocycles. The van der Waals surface area contributed by atoms with Gasteiger partial charge in [-0.3, -0.25) is 14.5 Å². The highest BCUT2D eigenvalue weighted by Gasteiger charge is 2.49. The van der Waals surface area contributed by atoms with Gasteiger partial charge < -0.3 is 19.6 Å².